The van der Waals surface area contributed by atoms with Crippen molar-refractivity contribution < 1.29 is 9.59 Å². The molecule has 1 unspecified atom stereocenters. The van der Waals surface area contributed by atoms with Gasteiger partial charge in [0, 0.05) is 7.05 Å². The SMILES string of the molecule is CCN(CC)C1NN(C)C(=O)C1=O. The van der Waals surface area contributed by atoms with Gasteiger partial charge in [-0.05, 0) is 13.1 Å². The van der Waals surface area contributed by atoms with Crippen LogP contribution in [-0.2, 0) is 9.59 Å². The van der Waals surface area contributed by atoms with Crippen LogP contribution in [0.15, 0.2) is 0 Å². The summed E-state index contributed by atoms with van der Waals surface area (Å²) in [6, 6.07) is 0. The second kappa shape index (κ2) is 3.85. The van der Waals surface area contributed by atoms with Crippen LogP contribution in [0.4, 0.5) is 0 Å². The molecule has 1 fully saturated rings. The number of hydrazine groups is 1. The number of nitrogens with zero attached hydrogens (tertiary/aromatic N) is 2. The molecule has 1 saturated heterocycles. The highest BCUT2D eigenvalue weighted by Crippen LogP contribution is 2.06. The van der Waals surface area contributed by atoms with E-state index in [2.05, 4.69) is 5.43 Å². The zero-order valence-electron chi connectivity index (χ0n) is 8.20. The molecule has 0 saturated carbocycles. The Bertz CT molecular complexity index is 225. The van der Waals surface area contributed by atoms with Crippen LogP contribution in [-0.4, -0.2) is 47.9 Å². The van der Waals surface area contributed by atoms with E-state index in [-0.39, 0.29) is 5.78 Å². The molecule has 74 valence electrons. The van der Waals surface area contributed by atoms with Crippen molar-refractivity contribution in [2.45, 2.75) is 20.0 Å². The number of ketones is 1. The van der Waals surface area contributed by atoms with Crippen molar-refractivity contribution in [3.63, 3.8) is 0 Å². The van der Waals surface area contributed by atoms with Gasteiger partial charge in [0.15, 0.2) is 0 Å². The van der Waals surface area contributed by atoms with Crippen molar-refractivity contribution in [1.82, 2.24) is 15.3 Å². The van der Waals surface area contributed by atoms with Crippen LogP contribution in [0.1, 0.15) is 13.8 Å². The fraction of sp³-hybridized carbons (Fsp3) is 0.750. The Labute approximate surface area is 77.7 Å². The quantitative estimate of drug-likeness (QED) is 0.585. The lowest BCUT2D eigenvalue weighted by atomic mass is 10.3. The van der Waals surface area contributed by atoms with Crippen LogP contribution in [0, 0.1) is 0 Å². The number of hydrogen-bond acceptors (Lipinski definition) is 4. The lowest BCUT2D eigenvalue weighted by Gasteiger charge is -2.23. The molecule has 1 aliphatic rings. The van der Waals surface area contributed by atoms with Crippen LogP contribution in [0.2, 0.25) is 0 Å². The number of carbonyl (C=O) groups is 2. The fourth-order valence-electron chi connectivity index (χ4n) is 1.42. The second-order valence-electron chi connectivity index (χ2n) is 2.98. The Morgan fingerprint density at radius 2 is 1.92 bits per heavy atom. The van der Waals surface area contributed by atoms with Gasteiger partial charge in [0.1, 0.15) is 6.17 Å². The minimum atomic E-state index is -0.465. The van der Waals surface area contributed by atoms with Crippen LogP contribution < -0.4 is 5.43 Å². The molecule has 5 heteroatoms. The summed E-state index contributed by atoms with van der Waals surface area (Å²) in [4.78, 5) is 24.4. The highest BCUT2D eigenvalue weighted by molar-refractivity contribution is 6.39. The lowest BCUT2D eigenvalue weighted by molar-refractivity contribution is -0.140. The van der Waals surface area contributed by atoms with Gasteiger partial charge in [-0.15, -0.1) is 0 Å². The van der Waals surface area contributed by atoms with Crippen molar-refractivity contribution in [2.24, 2.45) is 0 Å². The number of carbonyl (C=O) groups excluding carboxylic acids is 2. The maximum atomic E-state index is 11.4. The first-order valence-corrected chi connectivity index (χ1v) is 4.43. The topological polar surface area (TPSA) is 52.6 Å². The predicted molar refractivity (Wildman–Crippen MR) is 47.6 cm³/mol. The molecule has 0 aromatic carbocycles. The molecule has 0 aromatic heterocycles. The number of hydrogen-bond donors (Lipinski definition) is 1. The van der Waals surface area contributed by atoms with Gasteiger partial charge in [-0.1, -0.05) is 13.8 Å². The summed E-state index contributed by atoms with van der Waals surface area (Å²) in [5.41, 5.74) is 2.82. The van der Waals surface area contributed by atoms with Crippen LogP contribution in [0.25, 0.3) is 0 Å². The first kappa shape index (κ1) is 10.1. The summed E-state index contributed by atoms with van der Waals surface area (Å²) in [5, 5.41) is 1.24. The number of likely N-dealkylation sites (N-methyl/N-ethyl adjacent to an activating group) is 2. The van der Waals surface area contributed by atoms with Crippen molar-refractivity contribution in [1.29, 1.82) is 0 Å². The Morgan fingerprint density at radius 3 is 2.23 bits per heavy atom. The van der Waals surface area contributed by atoms with Crippen molar-refractivity contribution in [3.05, 3.63) is 0 Å². The van der Waals surface area contributed by atoms with Gasteiger partial charge < -0.3 is 0 Å². The van der Waals surface area contributed by atoms with Crippen molar-refractivity contribution in [2.75, 3.05) is 20.1 Å². The van der Waals surface area contributed by atoms with E-state index in [4.69, 9.17) is 0 Å². The summed E-state index contributed by atoms with van der Waals surface area (Å²) < 4.78 is 0. The van der Waals surface area contributed by atoms with Gasteiger partial charge in [-0.3, -0.25) is 19.5 Å². The third-order valence-electron chi connectivity index (χ3n) is 2.26. The van der Waals surface area contributed by atoms with Gasteiger partial charge in [0.2, 0.25) is 0 Å². The Morgan fingerprint density at radius 1 is 1.38 bits per heavy atom. The predicted octanol–water partition coefficient (Wildman–Crippen LogP) is -0.800. The summed E-state index contributed by atoms with van der Waals surface area (Å²) in [5.74, 6) is -0.830. The summed E-state index contributed by atoms with van der Waals surface area (Å²) >= 11 is 0. The summed E-state index contributed by atoms with van der Waals surface area (Å²) in [6.07, 6.45) is -0.465. The van der Waals surface area contributed by atoms with E-state index in [1.807, 2.05) is 18.7 Å². The fourth-order valence-corrected chi connectivity index (χ4v) is 1.42. The first-order valence-electron chi connectivity index (χ1n) is 4.43. The van der Waals surface area contributed by atoms with E-state index in [1.165, 1.54) is 5.01 Å². The molecule has 0 radical (unpaired) electrons. The zero-order valence-corrected chi connectivity index (χ0v) is 8.20. The monoisotopic (exact) mass is 185 g/mol. The van der Waals surface area contributed by atoms with Gasteiger partial charge >= 0.3 is 5.91 Å². The lowest BCUT2D eigenvalue weighted by Crippen LogP contribution is -2.47. The normalized spacial score (nSPS) is 23.4. The minimum absolute atomic E-state index is 0.369. The smallest absolute Gasteiger partial charge is 0.285 e. The van der Waals surface area contributed by atoms with E-state index in [1.54, 1.807) is 7.05 Å². The number of Topliss-reactive ketones (excluding diaryl/α,β-unsaturated/α-hetero) is 1. The molecular formula is C8H15N3O2. The van der Waals surface area contributed by atoms with Crippen molar-refractivity contribution >= 4 is 11.7 Å². The Balaban J connectivity index is 2.72. The molecule has 5 nitrogen and oxygen atoms in total. The van der Waals surface area contributed by atoms with Crippen LogP contribution in [0.5, 0.6) is 0 Å². The number of nitrogens with one attached hydrogen (secondary N) is 1. The molecule has 1 amide bonds. The molecular weight excluding hydrogens is 170 g/mol. The molecule has 1 rings (SSSR count). The van der Waals surface area contributed by atoms with E-state index < -0.39 is 12.1 Å². The second-order valence-corrected chi connectivity index (χ2v) is 2.98. The van der Waals surface area contributed by atoms with Crippen molar-refractivity contribution in [3.8, 4) is 0 Å². The molecule has 0 aromatic rings. The first-order chi connectivity index (χ1) is 6.11. The molecule has 1 N–H and O–H groups in total. The Hall–Kier alpha value is -0.940. The third-order valence-corrected chi connectivity index (χ3v) is 2.26. The molecule has 13 heavy (non-hydrogen) atoms. The highest BCUT2D eigenvalue weighted by Gasteiger charge is 2.39. The van der Waals surface area contributed by atoms with E-state index in [0.717, 1.165) is 13.1 Å². The highest BCUT2D eigenvalue weighted by atomic mass is 16.2. The largest absolute Gasteiger partial charge is 0.307 e. The minimum Gasteiger partial charge on any atom is -0.285 e. The summed E-state index contributed by atoms with van der Waals surface area (Å²) in [6.45, 7) is 5.42. The molecule has 1 heterocycles. The van der Waals surface area contributed by atoms with Crippen LogP contribution >= 0.6 is 0 Å². The maximum Gasteiger partial charge on any atom is 0.307 e. The van der Waals surface area contributed by atoms with E-state index in [9.17, 15) is 9.59 Å². The average Bonchev–Trinajstić information content (AvgIpc) is 2.36. The molecule has 0 bridgehead atoms. The van der Waals surface area contributed by atoms with Gasteiger partial charge in [0.05, 0.1) is 0 Å². The number of rotatable bonds is 3. The number of amides is 1. The molecule has 0 spiro atoms. The van der Waals surface area contributed by atoms with Gasteiger partial charge in [-0.2, -0.15) is 0 Å². The third kappa shape index (κ3) is 1.71. The molecule has 1 atom stereocenters. The maximum absolute atomic E-state index is 11.4. The van der Waals surface area contributed by atoms with Gasteiger partial charge in [-0.25, -0.2) is 5.43 Å². The zero-order chi connectivity index (χ0) is 10.0. The average molecular weight is 185 g/mol. The summed E-state index contributed by atoms with van der Waals surface area (Å²) in [7, 11) is 1.56. The standard InChI is InChI=1S/C8H15N3O2/c1-4-11(5-2)7-6(12)8(13)10(3)9-7/h7,9H,4-5H2,1-3H3. The van der Waals surface area contributed by atoms with Gasteiger partial charge in [0.25, 0.3) is 5.78 Å². The molecule has 0 aliphatic carbocycles. The van der Waals surface area contributed by atoms with Crippen LogP contribution in [0.3, 0.4) is 0 Å². The molecule has 1 aliphatic heterocycles. The van der Waals surface area contributed by atoms with E-state index in [0.29, 0.717) is 0 Å². The Kier molecular flexibility index (Phi) is 3.00. The van der Waals surface area contributed by atoms with E-state index >= 15 is 0 Å².